The molecule has 1 atom stereocenters. The van der Waals surface area contributed by atoms with Gasteiger partial charge in [0, 0.05) is 24.1 Å². The van der Waals surface area contributed by atoms with E-state index in [-0.39, 0.29) is 24.8 Å². The predicted molar refractivity (Wildman–Crippen MR) is 104 cm³/mol. The number of piperidine rings is 1. The quantitative estimate of drug-likeness (QED) is 0.735. The van der Waals surface area contributed by atoms with Gasteiger partial charge in [-0.2, -0.15) is 0 Å². The lowest BCUT2D eigenvalue weighted by Crippen LogP contribution is -2.52. The molecule has 30 heavy (non-hydrogen) atoms. The number of aliphatic hydroxyl groups is 1. The van der Waals surface area contributed by atoms with Crippen molar-refractivity contribution in [3.05, 3.63) is 41.2 Å². The number of amides is 3. The highest BCUT2D eigenvalue weighted by atomic mass is 16.3. The summed E-state index contributed by atoms with van der Waals surface area (Å²) in [5, 5.41) is 21.7. The number of carbonyl (C=O) groups is 3. The van der Waals surface area contributed by atoms with Gasteiger partial charge in [-0.1, -0.05) is 30.5 Å². The van der Waals surface area contributed by atoms with E-state index in [9.17, 15) is 19.5 Å². The van der Waals surface area contributed by atoms with E-state index in [1.54, 1.807) is 23.0 Å². The van der Waals surface area contributed by atoms with Crippen LogP contribution in [0.2, 0.25) is 0 Å². The first-order valence-corrected chi connectivity index (χ1v) is 10.4. The van der Waals surface area contributed by atoms with Gasteiger partial charge in [0.05, 0.1) is 11.9 Å². The highest BCUT2D eigenvalue weighted by Crippen LogP contribution is 2.37. The molecule has 1 aromatic carbocycles. The monoisotopic (exact) mass is 409 g/mol. The van der Waals surface area contributed by atoms with Crippen LogP contribution < -0.4 is 5.32 Å². The number of nitrogens with zero attached hydrogens (tertiary/aromatic N) is 4. The first-order valence-electron chi connectivity index (χ1n) is 10.4. The Morgan fingerprint density at radius 1 is 1.13 bits per heavy atom. The van der Waals surface area contributed by atoms with Gasteiger partial charge in [-0.25, -0.2) is 4.68 Å². The smallest absolute Gasteiger partial charge is 0.255 e. The molecule has 2 aliphatic heterocycles. The molecule has 1 aliphatic carbocycles. The molecule has 2 aromatic rings. The Labute approximate surface area is 173 Å². The molecule has 2 fully saturated rings. The van der Waals surface area contributed by atoms with E-state index in [0.717, 1.165) is 24.8 Å². The molecule has 3 heterocycles. The molecule has 9 nitrogen and oxygen atoms in total. The lowest BCUT2D eigenvalue weighted by atomic mass is 9.83. The summed E-state index contributed by atoms with van der Waals surface area (Å²) in [5.41, 5.74) is 1.58. The zero-order chi connectivity index (χ0) is 20.9. The number of imide groups is 1. The van der Waals surface area contributed by atoms with E-state index in [1.807, 2.05) is 6.07 Å². The standard InChI is InChI=1S/C21H23N5O4/c27-18-8-7-16(19(28)22-18)25-11-14-13(20(25)29)5-4-6-15(14)26-12-17(23-24-26)21(30)9-2-1-3-10-21/h4-6,12,16,30H,1-3,7-11H2,(H,22,27,28). The second kappa shape index (κ2) is 7.02. The van der Waals surface area contributed by atoms with Crippen molar-refractivity contribution in [2.45, 2.75) is 63.1 Å². The van der Waals surface area contributed by atoms with Crippen molar-refractivity contribution >= 4 is 17.7 Å². The van der Waals surface area contributed by atoms with E-state index in [4.69, 9.17) is 0 Å². The molecular formula is C21H23N5O4. The van der Waals surface area contributed by atoms with Crippen molar-refractivity contribution in [1.82, 2.24) is 25.2 Å². The fourth-order valence-corrected chi connectivity index (χ4v) is 4.77. The molecule has 0 bridgehead atoms. The van der Waals surface area contributed by atoms with Crippen LogP contribution >= 0.6 is 0 Å². The van der Waals surface area contributed by atoms with Gasteiger partial charge >= 0.3 is 0 Å². The van der Waals surface area contributed by atoms with Gasteiger partial charge in [-0.3, -0.25) is 19.7 Å². The Morgan fingerprint density at radius 3 is 2.70 bits per heavy atom. The predicted octanol–water partition coefficient (Wildman–Crippen LogP) is 1.18. The first-order chi connectivity index (χ1) is 14.5. The molecular weight excluding hydrogens is 386 g/mol. The average Bonchev–Trinajstić information content (AvgIpc) is 3.35. The fourth-order valence-electron chi connectivity index (χ4n) is 4.77. The number of nitrogens with one attached hydrogen (secondary N) is 1. The first kappa shape index (κ1) is 18.9. The fraction of sp³-hybridized carbons (Fsp3) is 0.476. The Hall–Kier alpha value is -3.07. The van der Waals surface area contributed by atoms with Crippen LogP contribution in [0, 0.1) is 0 Å². The summed E-state index contributed by atoms with van der Waals surface area (Å²) in [4.78, 5) is 38.2. The van der Waals surface area contributed by atoms with Crippen molar-refractivity contribution in [2.24, 2.45) is 0 Å². The zero-order valence-corrected chi connectivity index (χ0v) is 16.5. The average molecular weight is 409 g/mol. The SMILES string of the molecule is O=C1CCC(N2Cc3c(cccc3-n3cc(C4(O)CCCCC4)nn3)C2=O)C(=O)N1. The van der Waals surface area contributed by atoms with Crippen molar-refractivity contribution in [3.8, 4) is 5.69 Å². The number of benzene rings is 1. The molecule has 1 saturated carbocycles. The normalized spacial score (nSPS) is 23.4. The van der Waals surface area contributed by atoms with Crippen LogP contribution in [0.15, 0.2) is 24.4 Å². The maximum atomic E-state index is 13.0. The van der Waals surface area contributed by atoms with Crippen LogP contribution in [0.25, 0.3) is 5.69 Å². The van der Waals surface area contributed by atoms with Gasteiger partial charge in [0.1, 0.15) is 17.3 Å². The summed E-state index contributed by atoms with van der Waals surface area (Å²) in [6.07, 6.45) is 6.63. The number of hydrogen-bond acceptors (Lipinski definition) is 6. The van der Waals surface area contributed by atoms with E-state index in [1.165, 1.54) is 4.90 Å². The van der Waals surface area contributed by atoms with Crippen LogP contribution in [0.5, 0.6) is 0 Å². The minimum Gasteiger partial charge on any atom is -0.383 e. The van der Waals surface area contributed by atoms with Crippen molar-refractivity contribution in [3.63, 3.8) is 0 Å². The van der Waals surface area contributed by atoms with Crippen LogP contribution in [0.3, 0.4) is 0 Å². The van der Waals surface area contributed by atoms with E-state index in [2.05, 4.69) is 15.6 Å². The van der Waals surface area contributed by atoms with E-state index in [0.29, 0.717) is 36.2 Å². The van der Waals surface area contributed by atoms with Crippen LogP contribution in [0.1, 0.15) is 66.6 Å². The van der Waals surface area contributed by atoms with Crippen LogP contribution in [-0.2, 0) is 21.7 Å². The Kier molecular flexibility index (Phi) is 4.43. The molecule has 1 saturated heterocycles. The van der Waals surface area contributed by atoms with Gasteiger partial charge in [0.15, 0.2) is 0 Å². The number of fused-ring (bicyclic) bond motifs is 1. The molecule has 1 unspecified atom stereocenters. The molecule has 0 spiro atoms. The van der Waals surface area contributed by atoms with Gasteiger partial charge in [-0.05, 0) is 31.4 Å². The van der Waals surface area contributed by atoms with Crippen LogP contribution in [-0.4, -0.2) is 48.8 Å². The maximum Gasteiger partial charge on any atom is 0.255 e. The molecule has 0 radical (unpaired) electrons. The molecule has 9 heteroatoms. The zero-order valence-electron chi connectivity index (χ0n) is 16.5. The molecule has 156 valence electrons. The summed E-state index contributed by atoms with van der Waals surface area (Å²) in [6.45, 7) is 0.260. The Balaban J connectivity index is 1.45. The number of hydrogen-bond donors (Lipinski definition) is 2. The summed E-state index contributed by atoms with van der Waals surface area (Å²) in [5.74, 6) is -0.971. The highest BCUT2D eigenvalue weighted by molar-refractivity contribution is 6.05. The summed E-state index contributed by atoms with van der Waals surface area (Å²) in [6, 6.07) is 4.70. The second-order valence-corrected chi connectivity index (χ2v) is 8.34. The number of aromatic nitrogens is 3. The topological polar surface area (TPSA) is 117 Å². The third-order valence-corrected chi connectivity index (χ3v) is 6.46. The molecule has 3 aliphatic rings. The lowest BCUT2D eigenvalue weighted by molar-refractivity contribution is -0.136. The maximum absolute atomic E-state index is 13.0. The Morgan fingerprint density at radius 2 is 1.93 bits per heavy atom. The Bertz CT molecular complexity index is 1040. The minimum absolute atomic E-state index is 0.217. The van der Waals surface area contributed by atoms with Crippen LogP contribution in [0.4, 0.5) is 0 Å². The van der Waals surface area contributed by atoms with Gasteiger partial charge in [0.2, 0.25) is 11.8 Å². The third-order valence-electron chi connectivity index (χ3n) is 6.46. The van der Waals surface area contributed by atoms with E-state index < -0.39 is 17.6 Å². The molecule has 1 aromatic heterocycles. The summed E-state index contributed by atoms with van der Waals surface area (Å²) in [7, 11) is 0. The largest absolute Gasteiger partial charge is 0.383 e. The highest BCUT2D eigenvalue weighted by Gasteiger charge is 2.40. The number of carbonyl (C=O) groups excluding carboxylic acids is 3. The summed E-state index contributed by atoms with van der Waals surface area (Å²) < 4.78 is 1.60. The van der Waals surface area contributed by atoms with Gasteiger partial charge < -0.3 is 10.0 Å². The number of rotatable bonds is 3. The van der Waals surface area contributed by atoms with Gasteiger partial charge in [-0.15, -0.1) is 5.10 Å². The van der Waals surface area contributed by atoms with Crippen molar-refractivity contribution in [2.75, 3.05) is 0 Å². The van der Waals surface area contributed by atoms with Crippen molar-refractivity contribution in [1.29, 1.82) is 0 Å². The molecule has 2 N–H and O–H groups in total. The van der Waals surface area contributed by atoms with Gasteiger partial charge in [0.25, 0.3) is 5.91 Å². The second-order valence-electron chi connectivity index (χ2n) is 8.34. The summed E-state index contributed by atoms with van der Waals surface area (Å²) >= 11 is 0. The molecule has 5 rings (SSSR count). The molecule has 3 amide bonds. The third kappa shape index (κ3) is 3.00. The lowest BCUT2D eigenvalue weighted by Gasteiger charge is -2.29. The minimum atomic E-state index is -0.955. The van der Waals surface area contributed by atoms with E-state index >= 15 is 0 Å². The van der Waals surface area contributed by atoms with Crippen molar-refractivity contribution < 1.29 is 19.5 Å².